The molecule has 0 amide bonds. The van der Waals surface area contributed by atoms with Gasteiger partial charge in [0.1, 0.15) is 18.1 Å². The van der Waals surface area contributed by atoms with Crippen LogP contribution in [0.25, 0.3) is 0 Å². The Morgan fingerprint density at radius 2 is 1.28 bits per heavy atom. The SMILES string of the molecule is CS[C@@H]1OC(COC(C)=O)[C@H](OC(C)=O)[C@H](OC(C)=O)C1OC(C)=O. The summed E-state index contributed by atoms with van der Waals surface area (Å²) in [7, 11) is 0. The second-order valence-corrected chi connectivity index (χ2v) is 6.24. The van der Waals surface area contributed by atoms with Gasteiger partial charge in [0, 0.05) is 27.7 Å². The molecule has 1 aliphatic rings. The molecule has 0 aromatic carbocycles. The highest BCUT2D eigenvalue weighted by atomic mass is 32.2. The number of ether oxygens (including phenoxy) is 5. The summed E-state index contributed by atoms with van der Waals surface area (Å²) in [5.41, 5.74) is -0.708. The van der Waals surface area contributed by atoms with Crippen molar-refractivity contribution in [2.75, 3.05) is 12.9 Å². The third kappa shape index (κ3) is 6.54. The molecule has 1 saturated heterocycles. The number of rotatable bonds is 6. The molecular formula is C15H22O9S. The third-order valence-electron chi connectivity index (χ3n) is 3.18. The molecule has 0 radical (unpaired) electrons. The molecule has 5 atom stereocenters. The van der Waals surface area contributed by atoms with Crippen molar-refractivity contribution in [2.24, 2.45) is 0 Å². The van der Waals surface area contributed by atoms with Crippen LogP contribution in [0, 0.1) is 0 Å². The van der Waals surface area contributed by atoms with Crippen molar-refractivity contribution in [2.45, 2.75) is 57.5 Å². The van der Waals surface area contributed by atoms with Crippen molar-refractivity contribution in [1.29, 1.82) is 0 Å². The maximum Gasteiger partial charge on any atom is 0.303 e. The normalized spacial score (nSPS) is 28.6. The fourth-order valence-electron chi connectivity index (χ4n) is 2.38. The van der Waals surface area contributed by atoms with Gasteiger partial charge in [-0.25, -0.2) is 0 Å². The van der Waals surface area contributed by atoms with Crippen LogP contribution in [0.2, 0.25) is 0 Å². The lowest BCUT2D eigenvalue weighted by molar-refractivity contribution is -0.237. The van der Waals surface area contributed by atoms with Gasteiger partial charge in [0.15, 0.2) is 18.3 Å². The minimum Gasteiger partial charge on any atom is -0.463 e. The van der Waals surface area contributed by atoms with E-state index in [1.54, 1.807) is 6.26 Å². The van der Waals surface area contributed by atoms with Crippen molar-refractivity contribution in [3.05, 3.63) is 0 Å². The standard InChI is InChI=1S/C15H22O9S/c1-7(16)20-6-11-12(21-8(2)17)13(22-9(3)18)14(23-10(4)19)15(24-11)25-5/h11-15H,6H2,1-5H3/t11?,12-,13-,14?,15-/m0/s1. The molecule has 1 aliphatic heterocycles. The van der Waals surface area contributed by atoms with Gasteiger partial charge in [0.2, 0.25) is 0 Å². The second-order valence-electron chi connectivity index (χ2n) is 5.30. The molecule has 9 nitrogen and oxygen atoms in total. The summed E-state index contributed by atoms with van der Waals surface area (Å²) in [4.78, 5) is 45.5. The lowest BCUT2D eigenvalue weighted by Crippen LogP contribution is -2.61. The molecule has 2 unspecified atom stereocenters. The van der Waals surface area contributed by atoms with Crippen LogP contribution >= 0.6 is 11.8 Å². The Morgan fingerprint density at radius 3 is 1.72 bits per heavy atom. The Hall–Kier alpha value is -1.81. The first kappa shape index (κ1) is 21.2. The van der Waals surface area contributed by atoms with Gasteiger partial charge in [0.25, 0.3) is 0 Å². The Balaban J connectivity index is 3.18. The van der Waals surface area contributed by atoms with Gasteiger partial charge in [-0.15, -0.1) is 11.8 Å². The molecule has 1 fully saturated rings. The lowest BCUT2D eigenvalue weighted by Gasteiger charge is -2.43. The number of hydrogen-bond donors (Lipinski definition) is 0. The van der Waals surface area contributed by atoms with Gasteiger partial charge < -0.3 is 23.7 Å². The summed E-state index contributed by atoms with van der Waals surface area (Å²) >= 11 is 1.21. The molecular weight excluding hydrogens is 356 g/mol. The van der Waals surface area contributed by atoms with E-state index < -0.39 is 53.7 Å². The molecule has 0 N–H and O–H groups in total. The van der Waals surface area contributed by atoms with Gasteiger partial charge in [0.05, 0.1) is 0 Å². The van der Waals surface area contributed by atoms with Crippen molar-refractivity contribution in [3.63, 3.8) is 0 Å². The van der Waals surface area contributed by atoms with E-state index in [0.717, 1.165) is 0 Å². The first-order valence-corrected chi connectivity index (χ1v) is 8.77. The number of esters is 4. The minimum atomic E-state index is -1.10. The van der Waals surface area contributed by atoms with Crippen LogP contribution in [-0.4, -0.2) is 66.6 Å². The Bertz CT molecular complexity index is 521. The van der Waals surface area contributed by atoms with E-state index in [-0.39, 0.29) is 6.61 Å². The average Bonchev–Trinajstić information content (AvgIpc) is 2.48. The lowest BCUT2D eigenvalue weighted by atomic mass is 9.99. The zero-order chi connectivity index (χ0) is 19.1. The first-order chi connectivity index (χ1) is 11.6. The molecule has 0 aromatic rings. The largest absolute Gasteiger partial charge is 0.463 e. The van der Waals surface area contributed by atoms with Gasteiger partial charge in [-0.1, -0.05) is 0 Å². The van der Waals surface area contributed by atoms with Crippen LogP contribution < -0.4 is 0 Å². The molecule has 1 rings (SSSR count). The second kappa shape index (κ2) is 9.62. The van der Waals surface area contributed by atoms with Crippen molar-refractivity contribution in [1.82, 2.24) is 0 Å². The number of carbonyl (C=O) groups excluding carboxylic acids is 4. The van der Waals surface area contributed by atoms with E-state index in [4.69, 9.17) is 23.7 Å². The average molecular weight is 378 g/mol. The molecule has 1 heterocycles. The first-order valence-electron chi connectivity index (χ1n) is 7.49. The highest BCUT2D eigenvalue weighted by molar-refractivity contribution is 7.99. The van der Waals surface area contributed by atoms with Crippen molar-refractivity contribution >= 4 is 35.6 Å². The van der Waals surface area contributed by atoms with Crippen molar-refractivity contribution in [3.8, 4) is 0 Å². The van der Waals surface area contributed by atoms with E-state index in [1.807, 2.05) is 0 Å². The molecule has 142 valence electrons. The summed E-state index contributed by atoms with van der Waals surface area (Å²) < 4.78 is 26.4. The Labute approximate surface area is 149 Å². The zero-order valence-corrected chi connectivity index (χ0v) is 15.5. The van der Waals surface area contributed by atoms with Gasteiger partial charge in [-0.3, -0.25) is 19.2 Å². The number of thioether (sulfide) groups is 1. The molecule has 0 aromatic heterocycles. The molecule has 0 bridgehead atoms. The van der Waals surface area contributed by atoms with E-state index in [9.17, 15) is 19.2 Å². The third-order valence-corrected chi connectivity index (χ3v) is 4.02. The van der Waals surface area contributed by atoms with Crippen LogP contribution in [0.5, 0.6) is 0 Å². The molecule has 0 spiro atoms. The van der Waals surface area contributed by atoms with E-state index in [1.165, 1.54) is 39.5 Å². The fraction of sp³-hybridized carbons (Fsp3) is 0.733. The van der Waals surface area contributed by atoms with Crippen LogP contribution in [0.3, 0.4) is 0 Å². The minimum absolute atomic E-state index is 0.213. The molecule has 25 heavy (non-hydrogen) atoms. The topological polar surface area (TPSA) is 114 Å². The quantitative estimate of drug-likeness (QED) is 0.476. The monoisotopic (exact) mass is 378 g/mol. The Morgan fingerprint density at radius 1 is 0.800 bits per heavy atom. The van der Waals surface area contributed by atoms with Crippen LogP contribution in [-0.2, 0) is 42.9 Å². The van der Waals surface area contributed by atoms with E-state index >= 15 is 0 Å². The summed E-state index contributed by atoms with van der Waals surface area (Å²) in [6.45, 7) is 4.57. The predicted octanol–water partition coefficient (Wildman–Crippen LogP) is 0.432. The molecule has 0 aliphatic carbocycles. The van der Waals surface area contributed by atoms with Gasteiger partial charge in [-0.2, -0.15) is 0 Å². The van der Waals surface area contributed by atoms with Gasteiger partial charge in [-0.05, 0) is 6.26 Å². The summed E-state index contributed by atoms with van der Waals surface area (Å²) in [6.07, 6.45) is -2.37. The number of carbonyl (C=O) groups is 4. The van der Waals surface area contributed by atoms with E-state index in [2.05, 4.69) is 0 Å². The fourth-order valence-corrected chi connectivity index (χ4v) is 3.11. The van der Waals surface area contributed by atoms with E-state index in [0.29, 0.717) is 0 Å². The predicted molar refractivity (Wildman–Crippen MR) is 85.5 cm³/mol. The number of hydrogen-bond acceptors (Lipinski definition) is 10. The van der Waals surface area contributed by atoms with Crippen LogP contribution in [0.1, 0.15) is 27.7 Å². The smallest absolute Gasteiger partial charge is 0.303 e. The summed E-state index contributed by atoms with van der Waals surface area (Å²) in [5, 5.41) is 0. The molecule has 0 saturated carbocycles. The Kier molecular flexibility index (Phi) is 8.17. The maximum absolute atomic E-state index is 11.5. The molecule has 10 heteroatoms. The summed E-state index contributed by atoms with van der Waals surface area (Å²) in [6, 6.07) is 0. The van der Waals surface area contributed by atoms with Crippen molar-refractivity contribution < 1.29 is 42.9 Å². The zero-order valence-electron chi connectivity index (χ0n) is 14.7. The van der Waals surface area contributed by atoms with Gasteiger partial charge >= 0.3 is 23.9 Å². The highest BCUT2D eigenvalue weighted by Crippen LogP contribution is 2.33. The van der Waals surface area contributed by atoms with Crippen LogP contribution in [0.15, 0.2) is 0 Å². The summed E-state index contributed by atoms with van der Waals surface area (Å²) in [5.74, 6) is -2.45. The maximum atomic E-state index is 11.5. The highest BCUT2D eigenvalue weighted by Gasteiger charge is 2.51. The van der Waals surface area contributed by atoms with Crippen LogP contribution in [0.4, 0.5) is 0 Å².